The molecule has 6 nitrogen and oxygen atoms in total. The van der Waals surface area contributed by atoms with Gasteiger partial charge in [0.25, 0.3) is 0 Å². The maximum absolute atomic E-state index is 13.1. The molecule has 1 unspecified atom stereocenters. The predicted molar refractivity (Wildman–Crippen MR) is 92.2 cm³/mol. The van der Waals surface area contributed by atoms with E-state index in [1.165, 1.54) is 24.3 Å². The lowest BCUT2D eigenvalue weighted by molar-refractivity contribution is -0.136. The van der Waals surface area contributed by atoms with Crippen LogP contribution in [0.1, 0.15) is 17.7 Å². The molecule has 3 rings (SSSR count). The predicted octanol–water partition coefficient (Wildman–Crippen LogP) is 3.15. The molecule has 0 aliphatic carbocycles. The molecule has 1 aromatic heterocycles. The van der Waals surface area contributed by atoms with E-state index in [2.05, 4.69) is 20.6 Å². The average Bonchev–Trinajstić information content (AvgIpc) is 2.85. The molecule has 2 heterocycles. The Morgan fingerprint density at radius 2 is 1.92 bits per heavy atom. The molecule has 0 bridgehead atoms. The van der Waals surface area contributed by atoms with Gasteiger partial charge in [-0.15, -0.1) is 0 Å². The van der Waals surface area contributed by atoms with Gasteiger partial charge in [0.15, 0.2) is 9.84 Å². The van der Waals surface area contributed by atoms with E-state index >= 15 is 0 Å². The monoisotopic (exact) mass is 386 g/mol. The number of hydrogen-bond acceptors (Lipinski definition) is 6. The topological polar surface area (TPSA) is 84.0 Å². The molecule has 10 heteroatoms. The summed E-state index contributed by atoms with van der Waals surface area (Å²) in [5.74, 6) is 0.460. The number of para-hydroxylation sites is 1. The minimum atomic E-state index is -4.50. The maximum atomic E-state index is 13.1. The van der Waals surface area contributed by atoms with Crippen LogP contribution in [0.25, 0.3) is 0 Å². The largest absolute Gasteiger partial charge is 0.418 e. The summed E-state index contributed by atoms with van der Waals surface area (Å²) in [6.07, 6.45) is -4.05. The van der Waals surface area contributed by atoms with E-state index in [-0.39, 0.29) is 35.0 Å². The highest BCUT2D eigenvalue weighted by molar-refractivity contribution is 7.91. The Bertz CT molecular complexity index is 916. The lowest BCUT2D eigenvalue weighted by Crippen LogP contribution is -2.22. The summed E-state index contributed by atoms with van der Waals surface area (Å²) in [5, 5.41) is 5.62. The quantitative estimate of drug-likeness (QED) is 0.840. The summed E-state index contributed by atoms with van der Waals surface area (Å²) in [4.78, 5) is 8.35. The second-order valence-electron chi connectivity index (χ2n) is 6.13. The first kappa shape index (κ1) is 18.4. The highest BCUT2D eigenvalue weighted by Crippen LogP contribution is 2.35. The average molecular weight is 386 g/mol. The first-order valence-electron chi connectivity index (χ1n) is 7.88. The van der Waals surface area contributed by atoms with Crippen LogP contribution in [0.5, 0.6) is 0 Å². The van der Waals surface area contributed by atoms with Crippen LogP contribution in [0.15, 0.2) is 30.3 Å². The van der Waals surface area contributed by atoms with Gasteiger partial charge >= 0.3 is 6.18 Å². The van der Waals surface area contributed by atoms with Gasteiger partial charge in [-0.05, 0) is 25.5 Å². The molecule has 1 fully saturated rings. The van der Waals surface area contributed by atoms with Crippen LogP contribution in [0, 0.1) is 6.92 Å². The Hall–Kier alpha value is -2.36. The van der Waals surface area contributed by atoms with Crippen molar-refractivity contribution in [2.45, 2.75) is 25.6 Å². The summed E-state index contributed by atoms with van der Waals surface area (Å²) >= 11 is 0. The van der Waals surface area contributed by atoms with Crippen molar-refractivity contribution in [3.63, 3.8) is 0 Å². The SMILES string of the molecule is Cc1cc(Nc2ccccc2C(F)(F)F)nc(NC2CCS(=O)(=O)C2)n1. The molecule has 1 aromatic carbocycles. The lowest BCUT2D eigenvalue weighted by Gasteiger charge is -2.16. The molecule has 0 saturated carbocycles. The summed E-state index contributed by atoms with van der Waals surface area (Å²) in [6.45, 7) is 1.68. The van der Waals surface area contributed by atoms with E-state index in [1.54, 1.807) is 6.92 Å². The fourth-order valence-electron chi connectivity index (χ4n) is 2.77. The third kappa shape index (κ3) is 4.43. The fraction of sp³-hybridized carbons (Fsp3) is 0.375. The van der Waals surface area contributed by atoms with Crippen LogP contribution in [-0.2, 0) is 16.0 Å². The molecular formula is C16H17F3N4O2S. The Balaban J connectivity index is 1.83. The first-order valence-corrected chi connectivity index (χ1v) is 9.70. The molecule has 1 atom stereocenters. The highest BCUT2D eigenvalue weighted by Gasteiger charge is 2.33. The van der Waals surface area contributed by atoms with Crippen LogP contribution in [0.3, 0.4) is 0 Å². The Morgan fingerprint density at radius 3 is 2.58 bits per heavy atom. The molecule has 2 aromatic rings. The van der Waals surface area contributed by atoms with Crippen LogP contribution in [0.4, 0.5) is 30.6 Å². The molecule has 0 radical (unpaired) electrons. The van der Waals surface area contributed by atoms with Crippen molar-refractivity contribution in [3.8, 4) is 0 Å². The van der Waals surface area contributed by atoms with E-state index in [1.807, 2.05) is 0 Å². The van der Waals surface area contributed by atoms with Gasteiger partial charge in [-0.25, -0.2) is 13.4 Å². The minimum absolute atomic E-state index is 0.00995. The molecule has 1 aliphatic heterocycles. The Morgan fingerprint density at radius 1 is 1.19 bits per heavy atom. The number of nitrogens with zero attached hydrogens (tertiary/aromatic N) is 2. The smallest absolute Gasteiger partial charge is 0.350 e. The molecule has 1 aliphatic rings. The third-order valence-corrected chi connectivity index (χ3v) is 5.68. The van der Waals surface area contributed by atoms with Crippen molar-refractivity contribution in [3.05, 3.63) is 41.6 Å². The van der Waals surface area contributed by atoms with Crippen LogP contribution < -0.4 is 10.6 Å². The van der Waals surface area contributed by atoms with E-state index < -0.39 is 21.6 Å². The molecule has 2 N–H and O–H groups in total. The zero-order valence-corrected chi connectivity index (χ0v) is 14.7. The first-order chi connectivity index (χ1) is 12.1. The zero-order chi connectivity index (χ0) is 18.9. The standard InChI is InChI=1S/C16H17F3N4O2S/c1-10-8-14(22-13-5-3-2-4-12(13)16(17,18)19)23-15(20-10)21-11-6-7-26(24,25)9-11/h2-5,8,11H,6-7,9H2,1H3,(H2,20,21,22,23). The number of alkyl halides is 3. The zero-order valence-electron chi connectivity index (χ0n) is 13.8. The molecule has 0 spiro atoms. The van der Waals surface area contributed by atoms with Gasteiger partial charge in [0, 0.05) is 17.8 Å². The van der Waals surface area contributed by atoms with Gasteiger partial charge in [0.1, 0.15) is 5.82 Å². The molecule has 1 saturated heterocycles. The van der Waals surface area contributed by atoms with Gasteiger partial charge < -0.3 is 10.6 Å². The van der Waals surface area contributed by atoms with Gasteiger partial charge in [-0.2, -0.15) is 18.2 Å². The van der Waals surface area contributed by atoms with Gasteiger partial charge in [-0.1, -0.05) is 12.1 Å². The number of halogens is 3. The number of aryl methyl sites for hydroxylation is 1. The number of benzene rings is 1. The van der Waals surface area contributed by atoms with Gasteiger partial charge in [0.05, 0.1) is 22.8 Å². The molecule has 0 amide bonds. The van der Waals surface area contributed by atoms with E-state index in [9.17, 15) is 21.6 Å². The van der Waals surface area contributed by atoms with Crippen molar-refractivity contribution in [2.24, 2.45) is 0 Å². The number of sulfone groups is 1. The lowest BCUT2D eigenvalue weighted by atomic mass is 10.1. The molecular weight excluding hydrogens is 369 g/mol. The van der Waals surface area contributed by atoms with Crippen molar-refractivity contribution in [1.82, 2.24) is 9.97 Å². The summed E-state index contributed by atoms with van der Waals surface area (Å²) in [5.41, 5.74) is -0.379. The van der Waals surface area contributed by atoms with Crippen LogP contribution in [0.2, 0.25) is 0 Å². The van der Waals surface area contributed by atoms with Crippen molar-refractivity contribution < 1.29 is 21.6 Å². The second kappa shape index (κ2) is 6.75. The Kier molecular flexibility index (Phi) is 4.78. The van der Waals surface area contributed by atoms with E-state index in [0.29, 0.717) is 12.1 Å². The second-order valence-corrected chi connectivity index (χ2v) is 8.36. The van der Waals surface area contributed by atoms with E-state index in [4.69, 9.17) is 0 Å². The highest BCUT2D eigenvalue weighted by atomic mass is 32.2. The number of rotatable bonds is 4. The van der Waals surface area contributed by atoms with E-state index in [0.717, 1.165) is 6.07 Å². The normalized spacial score (nSPS) is 19.3. The third-order valence-electron chi connectivity index (χ3n) is 3.92. The number of aromatic nitrogens is 2. The fourth-order valence-corrected chi connectivity index (χ4v) is 4.44. The number of nitrogens with one attached hydrogen (secondary N) is 2. The summed E-state index contributed by atoms with van der Waals surface area (Å²) in [7, 11) is -3.07. The minimum Gasteiger partial charge on any atom is -0.350 e. The number of anilines is 3. The van der Waals surface area contributed by atoms with Gasteiger partial charge in [0.2, 0.25) is 5.95 Å². The maximum Gasteiger partial charge on any atom is 0.418 e. The summed E-state index contributed by atoms with van der Waals surface area (Å²) in [6, 6.07) is 6.32. The van der Waals surface area contributed by atoms with Crippen molar-refractivity contribution >= 4 is 27.3 Å². The van der Waals surface area contributed by atoms with Crippen LogP contribution >= 0.6 is 0 Å². The molecule has 26 heavy (non-hydrogen) atoms. The Labute approximate surface area is 148 Å². The van der Waals surface area contributed by atoms with Crippen LogP contribution in [-0.4, -0.2) is 35.9 Å². The number of hydrogen-bond donors (Lipinski definition) is 2. The van der Waals surface area contributed by atoms with Crippen molar-refractivity contribution in [1.29, 1.82) is 0 Å². The molecule has 140 valence electrons. The summed E-state index contributed by atoms with van der Waals surface area (Å²) < 4.78 is 62.4. The van der Waals surface area contributed by atoms with Gasteiger partial charge in [-0.3, -0.25) is 0 Å². The van der Waals surface area contributed by atoms with Crippen molar-refractivity contribution in [2.75, 3.05) is 22.1 Å².